The first-order valence-corrected chi connectivity index (χ1v) is 10.5. The highest BCUT2D eigenvalue weighted by molar-refractivity contribution is 7.99. The number of amides is 2. The van der Waals surface area contributed by atoms with Crippen LogP contribution in [0, 0.1) is 6.92 Å². The predicted octanol–water partition coefficient (Wildman–Crippen LogP) is 3.02. The monoisotopic (exact) mass is 432 g/mol. The molecule has 0 radical (unpaired) electrons. The van der Waals surface area contributed by atoms with Crippen LogP contribution < -0.4 is 5.32 Å². The van der Waals surface area contributed by atoms with Gasteiger partial charge in [-0.2, -0.15) is 0 Å². The first-order chi connectivity index (χ1) is 15.0. The van der Waals surface area contributed by atoms with Gasteiger partial charge in [0.1, 0.15) is 5.69 Å². The van der Waals surface area contributed by atoms with E-state index in [0.29, 0.717) is 16.7 Å². The average molecular weight is 433 g/mol. The highest BCUT2D eigenvalue weighted by Crippen LogP contribution is 2.29. The molecule has 1 N–H and O–H groups in total. The lowest BCUT2D eigenvalue weighted by Gasteiger charge is -2.12. The zero-order valence-corrected chi connectivity index (χ0v) is 17.8. The van der Waals surface area contributed by atoms with E-state index in [1.165, 1.54) is 11.8 Å². The fraction of sp³-hybridized carbons (Fsp3) is 0.136. The molecular weight excluding hydrogens is 412 g/mol. The van der Waals surface area contributed by atoms with Gasteiger partial charge in [0, 0.05) is 31.2 Å². The summed E-state index contributed by atoms with van der Waals surface area (Å²) in [6.45, 7) is 2.01. The molecular formula is C22H20N6O2S. The van der Waals surface area contributed by atoms with E-state index in [1.807, 2.05) is 47.9 Å². The van der Waals surface area contributed by atoms with Crippen LogP contribution in [0.25, 0.3) is 17.1 Å². The van der Waals surface area contributed by atoms with E-state index in [0.717, 1.165) is 16.8 Å². The third-order valence-electron chi connectivity index (χ3n) is 4.69. The van der Waals surface area contributed by atoms with Crippen LogP contribution in [0.5, 0.6) is 0 Å². The number of carbonyl (C=O) groups is 2. The minimum atomic E-state index is -0.434. The number of benzene rings is 1. The largest absolute Gasteiger partial charge is 0.347 e. The van der Waals surface area contributed by atoms with Crippen LogP contribution in [0.4, 0.5) is 0 Å². The summed E-state index contributed by atoms with van der Waals surface area (Å²) in [5, 5.41) is 11.6. The normalized spacial score (nSPS) is 10.8. The maximum atomic E-state index is 12.4. The summed E-state index contributed by atoms with van der Waals surface area (Å²) in [5.41, 5.74) is 3.24. The molecule has 3 heterocycles. The van der Waals surface area contributed by atoms with E-state index in [2.05, 4.69) is 20.5 Å². The first kappa shape index (κ1) is 20.5. The molecule has 9 heteroatoms. The van der Waals surface area contributed by atoms with E-state index < -0.39 is 11.8 Å². The Morgan fingerprint density at radius 2 is 1.81 bits per heavy atom. The van der Waals surface area contributed by atoms with Gasteiger partial charge in [-0.15, -0.1) is 10.2 Å². The van der Waals surface area contributed by atoms with Crippen molar-refractivity contribution in [2.45, 2.75) is 12.1 Å². The number of para-hydroxylation sites is 1. The molecule has 8 nitrogen and oxygen atoms in total. The Hall–Kier alpha value is -3.72. The van der Waals surface area contributed by atoms with Gasteiger partial charge in [-0.3, -0.25) is 24.5 Å². The Morgan fingerprint density at radius 3 is 2.52 bits per heavy atom. The van der Waals surface area contributed by atoms with Crippen molar-refractivity contribution in [2.75, 3.05) is 5.75 Å². The Bertz CT molecular complexity index is 1230. The second kappa shape index (κ2) is 8.97. The molecule has 0 unspecified atom stereocenters. The molecule has 0 fully saturated rings. The lowest BCUT2D eigenvalue weighted by Crippen LogP contribution is -2.33. The summed E-state index contributed by atoms with van der Waals surface area (Å²) < 4.78 is 3.58. The van der Waals surface area contributed by atoms with Crippen molar-refractivity contribution in [1.82, 2.24) is 29.6 Å². The highest BCUT2D eigenvalue weighted by atomic mass is 32.2. The molecule has 4 aromatic rings. The molecule has 1 aromatic carbocycles. The molecule has 0 aliphatic rings. The van der Waals surface area contributed by atoms with Crippen molar-refractivity contribution in [3.8, 4) is 17.1 Å². The second-order valence-corrected chi connectivity index (χ2v) is 7.78. The molecule has 31 heavy (non-hydrogen) atoms. The van der Waals surface area contributed by atoms with Gasteiger partial charge in [0.05, 0.1) is 11.4 Å². The van der Waals surface area contributed by atoms with Gasteiger partial charge in [0.15, 0.2) is 11.0 Å². The number of carbonyl (C=O) groups excluding carboxylic acids is 2. The Labute approximate surface area is 183 Å². The van der Waals surface area contributed by atoms with Crippen molar-refractivity contribution < 1.29 is 9.59 Å². The molecule has 156 valence electrons. The fourth-order valence-electron chi connectivity index (χ4n) is 3.14. The smallest absolute Gasteiger partial charge is 0.274 e. The van der Waals surface area contributed by atoms with Crippen LogP contribution >= 0.6 is 11.8 Å². The standard InChI is InChI=1S/C22H20N6O2S/c1-15-6-3-4-7-17(15)28-20(16-9-11-23-12-10-16)25-26-22(28)31-14-19(29)24-21(30)18-8-5-13-27(18)2/h3-13H,14H2,1-2H3,(H,24,29,30). The molecule has 2 amide bonds. The van der Waals surface area contributed by atoms with Crippen LogP contribution in [-0.4, -0.2) is 41.9 Å². The summed E-state index contributed by atoms with van der Waals surface area (Å²) in [5.74, 6) is -0.160. The van der Waals surface area contributed by atoms with Gasteiger partial charge < -0.3 is 4.57 Å². The Kier molecular flexibility index (Phi) is 5.94. The number of nitrogens with zero attached hydrogens (tertiary/aromatic N) is 5. The lowest BCUT2D eigenvalue weighted by molar-refractivity contribution is -0.117. The minimum absolute atomic E-state index is 0.0243. The van der Waals surface area contributed by atoms with Crippen LogP contribution in [-0.2, 0) is 11.8 Å². The zero-order valence-electron chi connectivity index (χ0n) is 17.0. The fourth-order valence-corrected chi connectivity index (χ4v) is 3.88. The van der Waals surface area contributed by atoms with E-state index in [9.17, 15) is 9.59 Å². The summed E-state index contributed by atoms with van der Waals surface area (Å²) >= 11 is 1.22. The van der Waals surface area contributed by atoms with Crippen LogP contribution in [0.15, 0.2) is 72.3 Å². The van der Waals surface area contributed by atoms with Crippen LogP contribution in [0.1, 0.15) is 16.1 Å². The van der Waals surface area contributed by atoms with Crippen LogP contribution in [0.3, 0.4) is 0 Å². The van der Waals surface area contributed by atoms with Crippen molar-refractivity contribution in [3.05, 3.63) is 78.4 Å². The molecule has 4 rings (SSSR count). The summed E-state index contributed by atoms with van der Waals surface area (Å²) in [7, 11) is 1.75. The molecule has 0 bridgehead atoms. The van der Waals surface area contributed by atoms with Crippen LogP contribution in [0.2, 0.25) is 0 Å². The Morgan fingerprint density at radius 1 is 1.03 bits per heavy atom. The van der Waals surface area contributed by atoms with Gasteiger partial charge in [-0.05, 0) is 42.8 Å². The third-order valence-corrected chi connectivity index (χ3v) is 5.62. The SMILES string of the molecule is Cc1ccccc1-n1c(SCC(=O)NC(=O)c2cccn2C)nnc1-c1ccncc1. The Balaban J connectivity index is 1.58. The lowest BCUT2D eigenvalue weighted by atomic mass is 10.2. The number of nitrogens with one attached hydrogen (secondary N) is 1. The van der Waals surface area contributed by atoms with Crippen molar-refractivity contribution >= 4 is 23.6 Å². The first-order valence-electron chi connectivity index (χ1n) is 9.54. The number of aryl methyl sites for hydroxylation is 2. The van der Waals surface area contributed by atoms with Gasteiger partial charge >= 0.3 is 0 Å². The minimum Gasteiger partial charge on any atom is -0.347 e. The quantitative estimate of drug-likeness (QED) is 0.471. The van der Waals surface area contributed by atoms with Crippen molar-refractivity contribution in [3.63, 3.8) is 0 Å². The maximum Gasteiger partial charge on any atom is 0.274 e. The van der Waals surface area contributed by atoms with E-state index in [1.54, 1.807) is 42.3 Å². The maximum absolute atomic E-state index is 12.4. The number of pyridine rings is 1. The number of hydrogen-bond acceptors (Lipinski definition) is 6. The number of hydrogen-bond donors (Lipinski definition) is 1. The summed E-state index contributed by atoms with van der Waals surface area (Å²) in [6.07, 6.45) is 5.14. The predicted molar refractivity (Wildman–Crippen MR) is 118 cm³/mol. The molecule has 0 aliphatic carbocycles. The zero-order chi connectivity index (χ0) is 21.8. The van der Waals surface area contributed by atoms with E-state index in [-0.39, 0.29) is 5.75 Å². The molecule has 0 saturated heterocycles. The molecule has 0 saturated carbocycles. The third kappa shape index (κ3) is 4.41. The molecule has 3 aromatic heterocycles. The number of thioether (sulfide) groups is 1. The number of imide groups is 1. The number of rotatable bonds is 6. The topological polar surface area (TPSA) is 94.7 Å². The van der Waals surface area contributed by atoms with Gasteiger partial charge in [0.2, 0.25) is 5.91 Å². The van der Waals surface area contributed by atoms with E-state index >= 15 is 0 Å². The second-order valence-electron chi connectivity index (χ2n) is 6.83. The molecule has 0 aliphatic heterocycles. The number of aromatic nitrogens is 5. The highest BCUT2D eigenvalue weighted by Gasteiger charge is 2.19. The van der Waals surface area contributed by atoms with Gasteiger partial charge in [-0.25, -0.2) is 0 Å². The molecule has 0 atom stereocenters. The van der Waals surface area contributed by atoms with E-state index in [4.69, 9.17) is 0 Å². The summed E-state index contributed by atoms with van der Waals surface area (Å²) in [6, 6.07) is 15.0. The molecule has 0 spiro atoms. The average Bonchev–Trinajstić information content (AvgIpc) is 3.39. The van der Waals surface area contributed by atoms with Gasteiger partial charge in [0.25, 0.3) is 5.91 Å². The summed E-state index contributed by atoms with van der Waals surface area (Å²) in [4.78, 5) is 28.7. The van der Waals surface area contributed by atoms with Crippen molar-refractivity contribution in [1.29, 1.82) is 0 Å². The van der Waals surface area contributed by atoms with Crippen molar-refractivity contribution in [2.24, 2.45) is 7.05 Å². The van der Waals surface area contributed by atoms with Gasteiger partial charge in [-0.1, -0.05) is 30.0 Å².